The van der Waals surface area contributed by atoms with E-state index in [4.69, 9.17) is 23.7 Å². The van der Waals surface area contributed by atoms with E-state index in [0.717, 1.165) is 12.8 Å². The van der Waals surface area contributed by atoms with Crippen LogP contribution in [0.5, 0.6) is 0 Å². The van der Waals surface area contributed by atoms with Gasteiger partial charge in [-0.15, -0.1) is 0 Å². The van der Waals surface area contributed by atoms with Crippen molar-refractivity contribution in [3.8, 4) is 0 Å². The molecule has 35 heavy (non-hydrogen) atoms. The van der Waals surface area contributed by atoms with Crippen LogP contribution in [0, 0.1) is 0 Å². The van der Waals surface area contributed by atoms with Crippen LogP contribution in [0.2, 0.25) is 0 Å². The van der Waals surface area contributed by atoms with Gasteiger partial charge >= 0.3 is 6.09 Å². The Bertz CT molecular complexity index is 552. The van der Waals surface area contributed by atoms with E-state index in [1.807, 2.05) is 0 Å². The van der Waals surface area contributed by atoms with Crippen LogP contribution in [-0.4, -0.2) is 107 Å². The van der Waals surface area contributed by atoms with Gasteiger partial charge in [-0.05, 0) is 19.8 Å². The third kappa shape index (κ3) is 22.8. The number of hydrogen-bond acceptors (Lipinski definition) is 9. The maximum absolute atomic E-state index is 11.9. The minimum absolute atomic E-state index is 0. The normalized spacial score (nSPS) is 13.7. The molecule has 208 valence electrons. The minimum atomic E-state index is -0.291. The van der Waals surface area contributed by atoms with E-state index in [1.165, 1.54) is 13.3 Å². The van der Waals surface area contributed by atoms with E-state index < -0.39 is 0 Å². The van der Waals surface area contributed by atoms with Crippen molar-refractivity contribution in [1.82, 2.24) is 10.2 Å². The third-order valence-electron chi connectivity index (χ3n) is 4.56. The Labute approximate surface area is 217 Å². The van der Waals surface area contributed by atoms with Gasteiger partial charge in [0.1, 0.15) is 12.4 Å². The van der Waals surface area contributed by atoms with Crippen LogP contribution in [0.4, 0.5) is 4.79 Å². The lowest BCUT2D eigenvalue weighted by Gasteiger charge is -2.28. The fourth-order valence-corrected chi connectivity index (χ4v) is 2.96. The van der Waals surface area contributed by atoms with Crippen LogP contribution < -0.4 is 5.32 Å². The number of hydrogen-bond donors (Lipinski definition) is 2. The van der Waals surface area contributed by atoms with E-state index in [1.54, 1.807) is 4.90 Å². The molecule has 0 aromatic rings. The fraction of sp³-hybridized carbons (Fsp3) is 0.875. The molecule has 1 aliphatic rings. The third-order valence-corrected chi connectivity index (χ3v) is 5.08. The number of carbonyl (C=O) groups is 3. The molecule has 2 amide bonds. The molecule has 0 saturated carbocycles. The molecular weight excluding hydrogens is 476 g/mol. The average molecular weight is 525 g/mol. The predicted molar refractivity (Wildman–Crippen MR) is 139 cm³/mol. The molecule has 0 radical (unpaired) electrons. The SMILES string of the molecule is CC(=O)CCC(=O)NCCOCCOCCOCCOCCOC(=O)N1CCC(S)CC1.CCC.[HH]. The van der Waals surface area contributed by atoms with Gasteiger partial charge in [0.25, 0.3) is 0 Å². The maximum Gasteiger partial charge on any atom is 0.409 e. The zero-order chi connectivity index (χ0) is 26.2. The quantitative estimate of drug-likeness (QED) is 0.208. The highest BCUT2D eigenvalue weighted by Gasteiger charge is 2.21. The van der Waals surface area contributed by atoms with Gasteiger partial charge in [0.05, 0.1) is 52.9 Å². The lowest BCUT2D eigenvalue weighted by atomic mass is 10.1. The van der Waals surface area contributed by atoms with Crippen LogP contribution in [-0.2, 0) is 33.3 Å². The molecule has 0 atom stereocenters. The van der Waals surface area contributed by atoms with Gasteiger partial charge < -0.3 is 38.7 Å². The first-order valence-corrected chi connectivity index (χ1v) is 13.1. The summed E-state index contributed by atoms with van der Waals surface area (Å²) < 4.78 is 26.7. The van der Waals surface area contributed by atoms with Crippen molar-refractivity contribution in [3.05, 3.63) is 0 Å². The summed E-state index contributed by atoms with van der Waals surface area (Å²) in [5.41, 5.74) is 0. The molecule has 0 aromatic carbocycles. The van der Waals surface area contributed by atoms with Crippen molar-refractivity contribution in [3.63, 3.8) is 0 Å². The molecule has 1 rings (SSSR count). The Kier molecular flexibility index (Phi) is 23.3. The molecule has 10 nitrogen and oxygen atoms in total. The van der Waals surface area contributed by atoms with Crippen molar-refractivity contribution in [2.75, 3.05) is 79.1 Å². The van der Waals surface area contributed by atoms with Crippen molar-refractivity contribution in [2.45, 2.75) is 58.1 Å². The maximum atomic E-state index is 11.9. The molecule has 1 fully saturated rings. The zero-order valence-electron chi connectivity index (χ0n) is 21.8. The highest BCUT2D eigenvalue weighted by Crippen LogP contribution is 2.15. The first kappa shape index (κ1) is 33.6. The second-order valence-electron chi connectivity index (χ2n) is 8.04. The van der Waals surface area contributed by atoms with E-state index in [2.05, 4.69) is 31.8 Å². The second kappa shape index (κ2) is 24.3. The van der Waals surface area contributed by atoms with Crippen molar-refractivity contribution < 1.29 is 39.5 Å². The van der Waals surface area contributed by atoms with E-state index in [0.29, 0.717) is 77.7 Å². The largest absolute Gasteiger partial charge is 0.447 e. The molecule has 1 heterocycles. The Hall–Kier alpha value is -1.40. The number of amides is 2. The molecule has 1 aliphatic heterocycles. The Morgan fingerprint density at radius 1 is 0.829 bits per heavy atom. The summed E-state index contributed by atoms with van der Waals surface area (Å²) in [4.78, 5) is 35.7. The second-order valence-corrected chi connectivity index (χ2v) is 8.77. The van der Waals surface area contributed by atoms with Gasteiger partial charge in [-0.2, -0.15) is 12.6 Å². The van der Waals surface area contributed by atoms with Crippen LogP contribution in [0.15, 0.2) is 0 Å². The number of nitrogens with zero attached hydrogens (tertiary/aromatic N) is 1. The summed E-state index contributed by atoms with van der Waals surface area (Å²) in [6.45, 7) is 11.1. The highest BCUT2D eigenvalue weighted by molar-refractivity contribution is 7.80. The van der Waals surface area contributed by atoms with Gasteiger partial charge in [-0.25, -0.2) is 4.79 Å². The molecule has 0 aliphatic carbocycles. The van der Waals surface area contributed by atoms with Crippen molar-refractivity contribution in [1.29, 1.82) is 0 Å². The first-order valence-electron chi connectivity index (χ1n) is 12.6. The van der Waals surface area contributed by atoms with E-state index in [-0.39, 0.29) is 38.7 Å². The number of nitrogens with one attached hydrogen (secondary N) is 1. The molecule has 0 bridgehead atoms. The van der Waals surface area contributed by atoms with Gasteiger partial charge in [0, 0.05) is 39.2 Å². The first-order chi connectivity index (χ1) is 16.9. The van der Waals surface area contributed by atoms with Gasteiger partial charge in [-0.3, -0.25) is 4.79 Å². The summed E-state index contributed by atoms with van der Waals surface area (Å²) in [6.07, 6.45) is 3.23. The molecule has 1 saturated heterocycles. The van der Waals surface area contributed by atoms with Crippen LogP contribution in [0.3, 0.4) is 0 Å². The summed E-state index contributed by atoms with van der Waals surface area (Å²) in [7, 11) is 0. The minimum Gasteiger partial charge on any atom is -0.447 e. The lowest BCUT2D eigenvalue weighted by Crippen LogP contribution is -2.39. The summed E-state index contributed by atoms with van der Waals surface area (Å²) in [5, 5.41) is 3.06. The Morgan fingerprint density at radius 2 is 1.29 bits per heavy atom. The standard InChI is InChI=1S/C21H38N2O8S.C3H8.H2/c1-18(24)2-3-20(25)22-6-9-27-10-11-28-12-13-29-14-15-30-16-17-31-21(26)23-7-4-19(32)5-8-23;1-3-2;/h19,32H,2-17H2,1H3,(H,22,25);3H2,1-2H3;1H. The number of Topliss-reactive ketones (excluding diaryl/α,β-unsaturated/α-hetero) is 1. The van der Waals surface area contributed by atoms with Crippen LogP contribution in [0.25, 0.3) is 0 Å². The molecule has 1 N–H and O–H groups in total. The average Bonchev–Trinajstić information content (AvgIpc) is 2.83. The Balaban J connectivity index is 0. The molecular formula is C24H48N2O8S. The van der Waals surface area contributed by atoms with Gasteiger partial charge in [0.2, 0.25) is 5.91 Å². The molecule has 0 spiro atoms. The number of rotatable bonds is 18. The van der Waals surface area contributed by atoms with Crippen molar-refractivity contribution in [2.24, 2.45) is 0 Å². The number of piperidine rings is 1. The predicted octanol–water partition coefficient (Wildman–Crippen LogP) is 2.73. The number of carbonyl (C=O) groups excluding carboxylic acids is 3. The zero-order valence-corrected chi connectivity index (χ0v) is 22.7. The number of ketones is 1. The highest BCUT2D eigenvalue weighted by atomic mass is 32.1. The lowest BCUT2D eigenvalue weighted by molar-refractivity contribution is -0.124. The van der Waals surface area contributed by atoms with Crippen LogP contribution in [0.1, 0.15) is 54.3 Å². The van der Waals surface area contributed by atoms with E-state index >= 15 is 0 Å². The Morgan fingerprint density at radius 3 is 1.77 bits per heavy atom. The monoisotopic (exact) mass is 524 g/mol. The molecule has 0 unspecified atom stereocenters. The summed E-state index contributed by atoms with van der Waals surface area (Å²) >= 11 is 4.41. The van der Waals surface area contributed by atoms with Crippen molar-refractivity contribution >= 4 is 30.4 Å². The molecule has 0 aromatic heterocycles. The molecule has 11 heteroatoms. The fourth-order valence-electron chi connectivity index (χ4n) is 2.73. The van der Waals surface area contributed by atoms with Gasteiger partial charge in [-0.1, -0.05) is 20.3 Å². The van der Waals surface area contributed by atoms with E-state index in [9.17, 15) is 14.4 Å². The summed E-state index contributed by atoms with van der Waals surface area (Å²) in [6, 6.07) is 0. The summed E-state index contributed by atoms with van der Waals surface area (Å²) in [5.74, 6) is -0.143. The topological polar surface area (TPSA) is 113 Å². The number of thiol groups is 1. The number of ether oxygens (including phenoxy) is 5. The number of likely N-dealkylation sites (tertiary alicyclic amines) is 1. The van der Waals surface area contributed by atoms with Crippen LogP contribution >= 0.6 is 12.6 Å². The smallest absolute Gasteiger partial charge is 0.409 e. The van der Waals surface area contributed by atoms with Gasteiger partial charge in [0.15, 0.2) is 0 Å².